The van der Waals surface area contributed by atoms with E-state index < -0.39 is 11.4 Å². The van der Waals surface area contributed by atoms with Gasteiger partial charge in [-0.15, -0.1) is 0 Å². The lowest BCUT2D eigenvalue weighted by molar-refractivity contribution is -0.132. The highest BCUT2D eigenvalue weighted by atomic mass is 16.5. The van der Waals surface area contributed by atoms with Gasteiger partial charge in [-0.2, -0.15) is 0 Å². The van der Waals surface area contributed by atoms with Crippen molar-refractivity contribution in [3.05, 3.63) is 30.0 Å². The van der Waals surface area contributed by atoms with E-state index in [0.717, 1.165) is 24.6 Å². The van der Waals surface area contributed by atoms with Crippen molar-refractivity contribution < 1.29 is 14.1 Å². The van der Waals surface area contributed by atoms with Gasteiger partial charge in [-0.25, -0.2) is 0 Å². The van der Waals surface area contributed by atoms with Gasteiger partial charge in [-0.05, 0) is 25.0 Å². The van der Waals surface area contributed by atoms with Gasteiger partial charge >= 0.3 is 0 Å². The molecule has 116 valence electrons. The highest BCUT2D eigenvalue weighted by Gasteiger charge is 2.39. The minimum atomic E-state index is -0.908. The van der Waals surface area contributed by atoms with Crippen molar-refractivity contribution >= 4 is 22.8 Å². The first kappa shape index (κ1) is 14.6. The molecule has 3 rings (SSSR count). The number of hydrogen-bond acceptors (Lipinski definition) is 4. The van der Waals surface area contributed by atoms with Crippen LogP contribution in [0.1, 0.15) is 37.8 Å². The Kier molecular flexibility index (Phi) is 3.83. The van der Waals surface area contributed by atoms with Gasteiger partial charge in [-0.3, -0.25) is 9.59 Å². The van der Waals surface area contributed by atoms with Crippen LogP contribution >= 0.6 is 0 Å². The average Bonchev–Trinajstić information content (AvgIpc) is 2.91. The van der Waals surface area contributed by atoms with Crippen LogP contribution < -0.4 is 11.1 Å². The van der Waals surface area contributed by atoms with E-state index in [9.17, 15) is 9.59 Å². The van der Waals surface area contributed by atoms with Crippen LogP contribution in [0.15, 0.2) is 28.8 Å². The molecular formula is C16H19N3O3. The number of nitrogens with two attached hydrogens (primary N) is 1. The molecule has 1 aromatic heterocycles. The van der Waals surface area contributed by atoms with Gasteiger partial charge in [0.25, 0.3) is 0 Å². The molecular weight excluding hydrogens is 282 g/mol. The molecule has 0 saturated heterocycles. The van der Waals surface area contributed by atoms with Gasteiger partial charge in [0.1, 0.15) is 11.2 Å². The normalized spacial score (nSPS) is 17.3. The van der Waals surface area contributed by atoms with Crippen molar-refractivity contribution in [3.8, 4) is 0 Å². The van der Waals surface area contributed by atoms with Gasteiger partial charge in [0.05, 0.1) is 6.42 Å². The number of carbonyl (C=O) groups excluding carboxylic acids is 2. The summed E-state index contributed by atoms with van der Waals surface area (Å²) in [6, 6.07) is 7.38. The van der Waals surface area contributed by atoms with Crippen LogP contribution in [-0.2, 0) is 16.0 Å². The number of rotatable bonds is 4. The summed E-state index contributed by atoms with van der Waals surface area (Å²) in [5.41, 5.74) is 5.84. The zero-order valence-electron chi connectivity index (χ0n) is 12.3. The second-order valence-electron chi connectivity index (χ2n) is 5.86. The van der Waals surface area contributed by atoms with E-state index >= 15 is 0 Å². The molecule has 1 aromatic carbocycles. The number of primary amides is 1. The first-order valence-electron chi connectivity index (χ1n) is 7.55. The minimum Gasteiger partial charge on any atom is -0.368 e. The Bertz CT molecular complexity index is 701. The lowest BCUT2D eigenvalue weighted by Gasteiger charge is -2.35. The fourth-order valence-corrected chi connectivity index (χ4v) is 3.12. The predicted octanol–water partition coefficient (Wildman–Crippen LogP) is 1.67. The van der Waals surface area contributed by atoms with Crippen molar-refractivity contribution in [1.29, 1.82) is 0 Å². The summed E-state index contributed by atoms with van der Waals surface area (Å²) in [6.07, 6.45) is 4.15. The largest absolute Gasteiger partial charge is 0.368 e. The van der Waals surface area contributed by atoms with Crippen molar-refractivity contribution in [1.82, 2.24) is 10.5 Å². The third-order valence-electron chi connectivity index (χ3n) is 4.34. The molecule has 0 unspecified atom stereocenters. The van der Waals surface area contributed by atoms with Crippen LogP contribution in [0.25, 0.3) is 11.0 Å². The van der Waals surface area contributed by atoms with Crippen LogP contribution in [0.2, 0.25) is 0 Å². The monoisotopic (exact) mass is 301 g/mol. The van der Waals surface area contributed by atoms with Crippen molar-refractivity contribution in [2.75, 3.05) is 0 Å². The lowest BCUT2D eigenvalue weighted by Crippen LogP contribution is -2.58. The average molecular weight is 301 g/mol. The van der Waals surface area contributed by atoms with Crippen LogP contribution in [0.4, 0.5) is 0 Å². The van der Waals surface area contributed by atoms with Gasteiger partial charge in [0, 0.05) is 5.39 Å². The van der Waals surface area contributed by atoms with Crippen LogP contribution in [0, 0.1) is 0 Å². The smallest absolute Gasteiger partial charge is 0.243 e. The number of amides is 2. The molecule has 22 heavy (non-hydrogen) atoms. The third kappa shape index (κ3) is 2.68. The molecule has 0 bridgehead atoms. The Hall–Kier alpha value is -2.37. The molecule has 2 amide bonds. The quantitative estimate of drug-likeness (QED) is 0.897. The zero-order chi connectivity index (χ0) is 15.6. The number of aromatic nitrogens is 1. The van der Waals surface area contributed by atoms with Gasteiger partial charge in [0.15, 0.2) is 5.58 Å². The Balaban J connectivity index is 1.75. The van der Waals surface area contributed by atoms with E-state index in [0.29, 0.717) is 24.1 Å². The number of fused-ring (bicyclic) bond motifs is 1. The van der Waals surface area contributed by atoms with Crippen LogP contribution in [-0.4, -0.2) is 22.5 Å². The predicted molar refractivity (Wildman–Crippen MR) is 80.9 cm³/mol. The van der Waals surface area contributed by atoms with E-state index in [1.165, 1.54) is 0 Å². The summed E-state index contributed by atoms with van der Waals surface area (Å²) in [6.45, 7) is 0. The van der Waals surface area contributed by atoms with E-state index in [1.807, 2.05) is 18.2 Å². The maximum absolute atomic E-state index is 12.3. The molecule has 0 atom stereocenters. The molecule has 1 heterocycles. The summed E-state index contributed by atoms with van der Waals surface area (Å²) in [5, 5.41) is 7.60. The maximum Gasteiger partial charge on any atom is 0.243 e. The summed E-state index contributed by atoms with van der Waals surface area (Å²) in [4.78, 5) is 24.1. The van der Waals surface area contributed by atoms with Gasteiger partial charge in [-0.1, -0.05) is 36.6 Å². The molecule has 1 aliphatic rings. The Morgan fingerprint density at radius 2 is 1.95 bits per heavy atom. The first-order valence-corrected chi connectivity index (χ1v) is 7.55. The highest BCUT2D eigenvalue weighted by molar-refractivity contribution is 5.92. The van der Waals surface area contributed by atoms with E-state index in [2.05, 4.69) is 10.5 Å². The van der Waals surface area contributed by atoms with E-state index in [4.69, 9.17) is 10.3 Å². The Labute approximate surface area is 128 Å². The SMILES string of the molecule is NC(=O)C1(NC(=O)Cc2noc3ccccc23)CCCCC1. The summed E-state index contributed by atoms with van der Waals surface area (Å²) < 4.78 is 5.19. The minimum absolute atomic E-state index is 0.0754. The van der Waals surface area contributed by atoms with E-state index in [-0.39, 0.29) is 12.3 Å². The first-order chi connectivity index (χ1) is 10.6. The standard InChI is InChI=1S/C16H19N3O3/c17-15(21)16(8-4-1-5-9-16)18-14(20)10-12-11-6-2-3-7-13(11)22-19-12/h2-3,6-7H,1,4-5,8-10H2,(H2,17,21)(H,18,20). The molecule has 6 nitrogen and oxygen atoms in total. The second kappa shape index (κ2) is 5.79. The lowest BCUT2D eigenvalue weighted by atomic mass is 9.81. The van der Waals surface area contributed by atoms with Gasteiger partial charge < -0.3 is 15.6 Å². The fourth-order valence-electron chi connectivity index (χ4n) is 3.12. The van der Waals surface area contributed by atoms with Crippen molar-refractivity contribution in [2.45, 2.75) is 44.1 Å². The second-order valence-corrected chi connectivity index (χ2v) is 5.86. The van der Waals surface area contributed by atoms with Crippen LogP contribution in [0.5, 0.6) is 0 Å². The fraction of sp³-hybridized carbons (Fsp3) is 0.438. The molecule has 1 saturated carbocycles. The zero-order valence-corrected chi connectivity index (χ0v) is 12.3. The number of benzene rings is 1. The number of hydrogen-bond donors (Lipinski definition) is 2. The Morgan fingerprint density at radius 1 is 1.23 bits per heavy atom. The molecule has 0 spiro atoms. The van der Waals surface area contributed by atoms with Crippen LogP contribution in [0.3, 0.4) is 0 Å². The number of carbonyl (C=O) groups is 2. The molecule has 0 aliphatic heterocycles. The van der Waals surface area contributed by atoms with E-state index in [1.54, 1.807) is 6.07 Å². The summed E-state index contributed by atoms with van der Waals surface area (Å²) in [5.74, 6) is -0.703. The molecule has 0 radical (unpaired) electrons. The maximum atomic E-state index is 12.3. The molecule has 1 fully saturated rings. The summed E-state index contributed by atoms with van der Waals surface area (Å²) in [7, 11) is 0. The van der Waals surface area contributed by atoms with Gasteiger partial charge in [0.2, 0.25) is 11.8 Å². The molecule has 6 heteroatoms. The van der Waals surface area contributed by atoms with Crippen molar-refractivity contribution in [3.63, 3.8) is 0 Å². The highest BCUT2D eigenvalue weighted by Crippen LogP contribution is 2.28. The Morgan fingerprint density at radius 3 is 2.68 bits per heavy atom. The molecule has 1 aliphatic carbocycles. The van der Waals surface area contributed by atoms with Crippen molar-refractivity contribution in [2.24, 2.45) is 5.73 Å². The topological polar surface area (TPSA) is 98.2 Å². The number of para-hydroxylation sites is 1. The summed E-state index contributed by atoms with van der Waals surface area (Å²) >= 11 is 0. The third-order valence-corrected chi connectivity index (χ3v) is 4.34. The number of nitrogens with one attached hydrogen (secondary N) is 1. The molecule has 2 aromatic rings. The number of nitrogens with zero attached hydrogens (tertiary/aromatic N) is 1. The molecule has 3 N–H and O–H groups in total.